The van der Waals surface area contributed by atoms with E-state index < -0.39 is 6.09 Å². The smallest absolute Gasteiger partial charge is 0.411 e. The van der Waals surface area contributed by atoms with Crippen molar-refractivity contribution in [1.82, 2.24) is 20.6 Å². The summed E-state index contributed by atoms with van der Waals surface area (Å²) in [5.41, 5.74) is 3.27. The number of nitrogens with one attached hydrogen (secondary N) is 3. The number of H-pyrrole nitrogens is 1. The van der Waals surface area contributed by atoms with E-state index in [1.54, 1.807) is 6.07 Å². The summed E-state index contributed by atoms with van der Waals surface area (Å²) in [6.07, 6.45) is 0.936. The van der Waals surface area contributed by atoms with E-state index in [1.165, 1.54) is 12.1 Å². The summed E-state index contributed by atoms with van der Waals surface area (Å²) >= 11 is 6.19. The van der Waals surface area contributed by atoms with E-state index in [0.29, 0.717) is 34.2 Å². The number of carbonyl (C=O) groups is 2. The van der Waals surface area contributed by atoms with Crippen molar-refractivity contribution in [2.45, 2.75) is 32.3 Å². The molecule has 2 amide bonds. The van der Waals surface area contributed by atoms with Crippen molar-refractivity contribution in [3.05, 3.63) is 100 Å². The summed E-state index contributed by atoms with van der Waals surface area (Å²) in [7, 11) is 0. The molecule has 0 bridgehead atoms. The number of anilines is 2. The van der Waals surface area contributed by atoms with Gasteiger partial charge in [0.05, 0.1) is 0 Å². The zero-order chi connectivity index (χ0) is 25.3. The summed E-state index contributed by atoms with van der Waals surface area (Å²) in [5.74, 6) is 0.536. The molecule has 0 saturated carbocycles. The molecule has 1 aromatic heterocycles. The molecule has 0 unspecified atom stereocenters. The first-order valence-corrected chi connectivity index (χ1v) is 11.8. The van der Waals surface area contributed by atoms with Crippen molar-refractivity contribution >= 4 is 35.0 Å². The Bertz CT molecular complexity index is 1300. The van der Waals surface area contributed by atoms with Crippen LogP contribution in [0, 0.1) is 0 Å². The zero-order valence-corrected chi connectivity index (χ0v) is 20.3. The van der Waals surface area contributed by atoms with Gasteiger partial charge in [-0.2, -0.15) is 5.21 Å². The number of carbonyl (C=O) groups excluding carboxylic acids is 2. The standard InChI is InChI=1S/C26H25ClN6O3/c1-2-18(14-24-30-32-33-31-24)19-8-10-22(11-9-19)28-25(34)20-12-21(27)15-23(13-20)29-26(35)36-16-17-6-4-3-5-7-17/h3-13,15,18H,2,14,16H2,1H3,(H,28,34)(H,29,35)(H,30,31,32,33)/t18-/m0/s1. The normalized spacial score (nSPS) is 11.5. The van der Waals surface area contributed by atoms with Gasteiger partial charge in [-0.15, -0.1) is 10.2 Å². The molecule has 4 rings (SSSR count). The highest BCUT2D eigenvalue weighted by molar-refractivity contribution is 6.31. The van der Waals surface area contributed by atoms with Crippen LogP contribution in [0.5, 0.6) is 0 Å². The minimum atomic E-state index is -0.644. The number of hydrogen-bond acceptors (Lipinski definition) is 6. The fraction of sp³-hybridized carbons (Fsp3) is 0.192. The van der Waals surface area contributed by atoms with Gasteiger partial charge in [-0.1, -0.05) is 66.2 Å². The molecule has 36 heavy (non-hydrogen) atoms. The number of aromatic nitrogens is 4. The van der Waals surface area contributed by atoms with Crippen LogP contribution < -0.4 is 10.6 Å². The predicted octanol–water partition coefficient (Wildman–Crippen LogP) is 5.59. The lowest BCUT2D eigenvalue weighted by Gasteiger charge is -2.14. The quantitative estimate of drug-likeness (QED) is 0.273. The topological polar surface area (TPSA) is 122 Å². The first-order valence-electron chi connectivity index (χ1n) is 11.4. The summed E-state index contributed by atoms with van der Waals surface area (Å²) in [6.45, 7) is 2.23. The maximum Gasteiger partial charge on any atom is 0.411 e. The Labute approximate surface area is 213 Å². The average molecular weight is 505 g/mol. The second kappa shape index (κ2) is 11.9. The molecule has 0 spiro atoms. The highest BCUT2D eigenvalue weighted by Crippen LogP contribution is 2.25. The van der Waals surface area contributed by atoms with Crippen LogP contribution >= 0.6 is 11.6 Å². The molecule has 0 radical (unpaired) electrons. The van der Waals surface area contributed by atoms with Crippen LogP contribution in [0.1, 0.15) is 46.6 Å². The SMILES string of the molecule is CC[C@@H](Cc1nn[nH]n1)c1ccc(NC(=O)c2cc(Cl)cc(NC(=O)OCc3ccccc3)c2)cc1. The van der Waals surface area contributed by atoms with E-state index in [-0.39, 0.29) is 18.4 Å². The number of ether oxygens (including phenoxy) is 1. The molecule has 0 aliphatic heterocycles. The summed E-state index contributed by atoms with van der Waals surface area (Å²) < 4.78 is 5.23. The summed E-state index contributed by atoms with van der Waals surface area (Å²) in [4.78, 5) is 25.1. The molecule has 1 heterocycles. The third kappa shape index (κ3) is 6.89. The maximum absolute atomic E-state index is 12.9. The van der Waals surface area contributed by atoms with Gasteiger partial charge in [-0.25, -0.2) is 4.79 Å². The van der Waals surface area contributed by atoms with Gasteiger partial charge in [0.15, 0.2) is 5.82 Å². The average Bonchev–Trinajstić information content (AvgIpc) is 3.40. The minimum Gasteiger partial charge on any atom is -0.444 e. The zero-order valence-electron chi connectivity index (χ0n) is 19.6. The second-order valence-electron chi connectivity index (χ2n) is 8.13. The third-order valence-corrected chi connectivity index (χ3v) is 5.79. The maximum atomic E-state index is 12.9. The third-order valence-electron chi connectivity index (χ3n) is 5.57. The van der Waals surface area contributed by atoms with Crippen LogP contribution in [0.3, 0.4) is 0 Å². The number of benzene rings is 3. The lowest BCUT2D eigenvalue weighted by molar-refractivity contribution is 0.102. The van der Waals surface area contributed by atoms with Crippen molar-refractivity contribution in [2.75, 3.05) is 10.6 Å². The van der Waals surface area contributed by atoms with E-state index in [1.807, 2.05) is 54.6 Å². The minimum absolute atomic E-state index is 0.130. The van der Waals surface area contributed by atoms with Crippen LogP contribution in [0.15, 0.2) is 72.8 Å². The van der Waals surface area contributed by atoms with Crippen LogP contribution in [-0.2, 0) is 17.8 Å². The molecule has 10 heteroatoms. The van der Waals surface area contributed by atoms with Gasteiger partial charge in [-0.3, -0.25) is 10.1 Å². The van der Waals surface area contributed by atoms with E-state index in [2.05, 4.69) is 38.2 Å². The number of aromatic amines is 1. The van der Waals surface area contributed by atoms with Crippen molar-refractivity contribution in [1.29, 1.82) is 0 Å². The van der Waals surface area contributed by atoms with E-state index in [4.69, 9.17) is 16.3 Å². The number of amides is 2. The van der Waals surface area contributed by atoms with Gasteiger partial charge >= 0.3 is 6.09 Å². The van der Waals surface area contributed by atoms with Gasteiger partial charge in [-0.05, 0) is 53.8 Å². The monoisotopic (exact) mass is 504 g/mol. The van der Waals surface area contributed by atoms with E-state index in [0.717, 1.165) is 17.5 Å². The second-order valence-corrected chi connectivity index (χ2v) is 8.57. The van der Waals surface area contributed by atoms with Crippen molar-refractivity contribution < 1.29 is 14.3 Å². The summed E-state index contributed by atoms with van der Waals surface area (Å²) in [6, 6.07) is 21.6. The Hall–Kier alpha value is -4.24. The molecular weight excluding hydrogens is 480 g/mol. The molecule has 0 fully saturated rings. The first-order chi connectivity index (χ1) is 17.5. The molecule has 3 aromatic carbocycles. The number of tetrazole rings is 1. The Morgan fingerprint density at radius 1 is 1.00 bits per heavy atom. The van der Waals surface area contributed by atoms with E-state index in [9.17, 15) is 9.59 Å². The van der Waals surface area contributed by atoms with Gasteiger partial charge in [0.25, 0.3) is 5.91 Å². The molecule has 9 nitrogen and oxygen atoms in total. The Morgan fingerprint density at radius 3 is 2.47 bits per heavy atom. The van der Waals surface area contributed by atoms with Gasteiger partial charge in [0.2, 0.25) is 0 Å². The molecular formula is C26H25ClN6O3. The van der Waals surface area contributed by atoms with Gasteiger partial charge in [0, 0.05) is 28.4 Å². The van der Waals surface area contributed by atoms with Crippen LogP contribution in [0.4, 0.5) is 16.2 Å². The highest BCUT2D eigenvalue weighted by atomic mass is 35.5. The number of hydrogen-bond donors (Lipinski definition) is 3. The van der Waals surface area contributed by atoms with Gasteiger partial charge < -0.3 is 10.1 Å². The lowest BCUT2D eigenvalue weighted by Crippen LogP contribution is -2.15. The predicted molar refractivity (Wildman–Crippen MR) is 137 cm³/mol. The van der Waals surface area contributed by atoms with E-state index >= 15 is 0 Å². The first kappa shape index (κ1) is 24.9. The number of rotatable bonds is 9. The number of halogens is 1. The Balaban J connectivity index is 1.36. The fourth-order valence-corrected chi connectivity index (χ4v) is 3.93. The molecule has 0 aliphatic rings. The van der Waals surface area contributed by atoms with Crippen molar-refractivity contribution in [3.63, 3.8) is 0 Å². The fourth-order valence-electron chi connectivity index (χ4n) is 3.70. The molecule has 0 saturated heterocycles. The van der Waals surface area contributed by atoms with Crippen molar-refractivity contribution in [2.24, 2.45) is 0 Å². The van der Waals surface area contributed by atoms with Gasteiger partial charge in [0.1, 0.15) is 6.61 Å². The molecule has 0 aliphatic carbocycles. The molecule has 1 atom stereocenters. The van der Waals surface area contributed by atoms with Crippen LogP contribution in [-0.4, -0.2) is 32.6 Å². The van der Waals surface area contributed by atoms with Crippen LogP contribution in [0.25, 0.3) is 0 Å². The molecule has 4 aromatic rings. The van der Waals surface area contributed by atoms with Crippen LogP contribution in [0.2, 0.25) is 5.02 Å². The summed E-state index contributed by atoms with van der Waals surface area (Å²) in [5, 5.41) is 19.9. The number of nitrogens with zero attached hydrogens (tertiary/aromatic N) is 3. The Kier molecular flexibility index (Phi) is 8.25. The largest absolute Gasteiger partial charge is 0.444 e. The molecule has 3 N–H and O–H groups in total. The highest BCUT2D eigenvalue weighted by Gasteiger charge is 2.15. The lowest BCUT2D eigenvalue weighted by atomic mass is 9.93. The Morgan fingerprint density at radius 2 is 1.78 bits per heavy atom. The van der Waals surface area contributed by atoms with Crippen molar-refractivity contribution in [3.8, 4) is 0 Å². The molecule has 184 valence electrons.